The van der Waals surface area contributed by atoms with E-state index in [4.69, 9.17) is 21.1 Å². The van der Waals surface area contributed by atoms with Crippen LogP contribution >= 0.6 is 34.7 Å². The maximum Gasteiger partial charge on any atom is 0.255 e. The van der Waals surface area contributed by atoms with Gasteiger partial charge in [0.15, 0.2) is 4.34 Å². The Morgan fingerprint density at radius 1 is 1.00 bits per heavy atom. The molecule has 3 aromatic carbocycles. The number of nitrogens with one attached hydrogen (secondary N) is 2. The summed E-state index contributed by atoms with van der Waals surface area (Å²) in [4.78, 5) is 29.5. The van der Waals surface area contributed by atoms with Crippen molar-refractivity contribution in [1.82, 2.24) is 4.98 Å². The first-order chi connectivity index (χ1) is 16.4. The van der Waals surface area contributed by atoms with Gasteiger partial charge in [-0.05, 0) is 54.6 Å². The van der Waals surface area contributed by atoms with Crippen LogP contribution in [0.1, 0.15) is 10.4 Å². The Bertz CT molecular complexity index is 1340. The summed E-state index contributed by atoms with van der Waals surface area (Å²) in [6, 6.07) is 17.4. The quantitative estimate of drug-likeness (QED) is 0.283. The van der Waals surface area contributed by atoms with Crippen LogP contribution in [0.25, 0.3) is 10.2 Å². The molecule has 34 heavy (non-hydrogen) atoms. The summed E-state index contributed by atoms with van der Waals surface area (Å²) >= 11 is 8.68. The van der Waals surface area contributed by atoms with Crippen molar-refractivity contribution >= 4 is 68.1 Å². The van der Waals surface area contributed by atoms with E-state index in [1.807, 2.05) is 12.1 Å². The summed E-state index contributed by atoms with van der Waals surface area (Å²) < 4.78 is 12.2. The van der Waals surface area contributed by atoms with Crippen LogP contribution in [0, 0.1) is 0 Å². The van der Waals surface area contributed by atoms with Gasteiger partial charge >= 0.3 is 0 Å². The third-order valence-corrected chi connectivity index (χ3v) is 7.15. The zero-order valence-corrected chi connectivity index (χ0v) is 20.6. The molecule has 0 saturated heterocycles. The highest BCUT2D eigenvalue weighted by Crippen LogP contribution is 2.32. The van der Waals surface area contributed by atoms with Crippen LogP contribution in [0.2, 0.25) is 5.02 Å². The van der Waals surface area contributed by atoms with Gasteiger partial charge in [-0.3, -0.25) is 9.59 Å². The van der Waals surface area contributed by atoms with Crippen molar-refractivity contribution in [3.05, 3.63) is 71.2 Å². The third-order valence-electron chi connectivity index (χ3n) is 4.74. The van der Waals surface area contributed by atoms with E-state index in [2.05, 4.69) is 15.6 Å². The molecule has 2 N–H and O–H groups in total. The predicted octanol–water partition coefficient (Wildman–Crippen LogP) is 5.95. The number of fused-ring (bicyclic) bond motifs is 1. The molecule has 0 aliphatic heterocycles. The lowest BCUT2D eigenvalue weighted by Gasteiger charge is -2.11. The average Bonchev–Trinajstić information content (AvgIpc) is 3.25. The van der Waals surface area contributed by atoms with E-state index < -0.39 is 0 Å². The van der Waals surface area contributed by atoms with Gasteiger partial charge in [0.1, 0.15) is 11.5 Å². The summed E-state index contributed by atoms with van der Waals surface area (Å²) in [5.41, 5.74) is 2.52. The summed E-state index contributed by atoms with van der Waals surface area (Å²) in [7, 11) is 3.10. The molecule has 4 rings (SSSR count). The number of aromatic nitrogens is 1. The first-order valence-electron chi connectivity index (χ1n) is 10.1. The molecule has 0 bridgehead atoms. The highest BCUT2D eigenvalue weighted by atomic mass is 35.5. The first-order valence-corrected chi connectivity index (χ1v) is 12.3. The highest BCUT2D eigenvalue weighted by molar-refractivity contribution is 8.01. The molecular weight excluding hydrogens is 494 g/mol. The Kier molecular flexibility index (Phi) is 7.56. The number of nitrogens with zero attached hydrogens (tertiary/aromatic N) is 1. The number of carbonyl (C=O) groups is 2. The van der Waals surface area contributed by atoms with E-state index >= 15 is 0 Å². The largest absolute Gasteiger partial charge is 0.497 e. The van der Waals surface area contributed by atoms with E-state index in [0.717, 1.165) is 14.6 Å². The number of rotatable bonds is 8. The molecule has 0 radical (unpaired) electrons. The second-order valence-electron chi connectivity index (χ2n) is 7.03. The topological polar surface area (TPSA) is 89.6 Å². The minimum absolute atomic E-state index is 0.181. The molecule has 0 spiro atoms. The van der Waals surface area contributed by atoms with Crippen LogP contribution in [-0.2, 0) is 4.79 Å². The van der Waals surface area contributed by atoms with Crippen molar-refractivity contribution in [3.8, 4) is 11.5 Å². The lowest BCUT2D eigenvalue weighted by molar-refractivity contribution is -0.113. The van der Waals surface area contributed by atoms with Crippen LogP contribution in [-0.4, -0.2) is 36.8 Å². The third kappa shape index (κ3) is 5.80. The van der Waals surface area contributed by atoms with Crippen LogP contribution in [0.4, 0.5) is 11.4 Å². The molecule has 0 saturated carbocycles. The standard InChI is InChI=1S/C24H20ClN3O4S2/c1-31-17-8-10-20(32-2)19(12-17)27-22(29)13-33-24-28-18-9-7-16(11-21(18)34-24)26-23(30)14-3-5-15(25)6-4-14/h3-12H,13H2,1-2H3,(H,26,30)(H,27,29). The van der Waals surface area contributed by atoms with E-state index in [-0.39, 0.29) is 17.6 Å². The zero-order chi connectivity index (χ0) is 24.1. The molecule has 174 valence electrons. The number of thioether (sulfide) groups is 1. The van der Waals surface area contributed by atoms with Gasteiger partial charge in [-0.1, -0.05) is 23.4 Å². The summed E-state index contributed by atoms with van der Waals surface area (Å²) in [5, 5.41) is 6.30. The van der Waals surface area contributed by atoms with E-state index in [9.17, 15) is 9.59 Å². The van der Waals surface area contributed by atoms with Crippen LogP contribution < -0.4 is 20.1 Å². The summed E-state index contributed by atoms with van der Waals surface area (Å²) in [5.74, 6) is 0.938. The van der Waals surface area contributed by atoms with Crippen molar-refractivity contribution < 1.29 is 19.1 Å². The van der Waals surface area contributed by atoms with Crippen LogP contribution in [0.5, 0.6) is 11.5 Å². The number of carbonyl (C=O) groups excluding carboxylic acids is 2. The number of hydrogen-bond donors (Lipinski definition) is 2. The maximum atomic E-state index is 12.5. The number of benzene rings is 3. The molecule has 0 aliphatic carbocycles. The van der Waals surface area contributed by atoms with Gasteiger partial charge in [-0.15, -0.1) is 11.3 Å². The van der Waals surface area contributed by atoms with Gasteiger partial charge < -0.3 is 20.1 Å². The van der Waals surface area contributed by atoms with E-state index in [1.54, 1.807) is 62.8 Å². The average molecular weight is 514 g/mol. The summed E-state index contributed by atoms with van der Waals surface area (Å²) in [6.45, 7) is 0. The smallest absolute Gasteiger partial charge is 0.255 e. The Balaban J connectivity index is 1.39. The van der Waals surface area contributed by atoms with Gasteiger partial charge in [0.25, 0.3) is 5.91 Å². The minimum atomic E-state index is -0.222. The second kappa shape index (κ2) is 10.8. The molecule has 1 heterocycles. The molecule has 0 aliphatic rings. The maximum absolute atomic E-state index is 12.5. The van der Waals surface area contributed by atoms with Crippen molar-refractivity contribution in [2.75, 3.05) is 30.6 Å². The molecule has 4 aromatic rings. The minimum Gasteiger partial charge on any atom is -0.497 e. The van der Waals surface area contributed by atoms with Gasteiger partial charge in [0.05, 0.1) is 35.9 Å². The van der Waals surface area contributed by atoms with Crippen molar-refractivity contribution in [2.24, 2.45) is 0 Å². The van der Waals surface area contributed by atoms with Gasteiger partial charge in [0.2, 0.25) is 5.91 Å². The Hall–Kier alpha value is -3.27. The molecule has 0 unspecified atom stereocenters. The fourth-order valence-electron chi connectivity index (χ4n) is 3.07. The number of ether oxygens (including phenoxy) is 2. The predicted molar refractivity (Wildman–Crippen MR) is 138 cm³/mol. The van der Waals surface area contributed by atoms with Crippen LogP contribution in [0.15, 0.2) is 65.0 Å². The lowest BCUT2D eigenvalue weighted by atomic mass is 10.2. The molecule has 0 atom stereocenters. The van der Waals surface area contributed by atoms with Gasteiger partial charge in [-0.2, -0.15) is 0 Å². The summed E-state index contributed by atoms with van der Waals surface area (Å²) in [6.07, 6.45) is 0. The number of methoxy groups -OCH3 is 2. The normalized spacial score (nSPS) is 10.7. The fraction of sp³-hybridized carbons (Fsp3) is 0.125. The lowest BCUT2D eigenvalue weighted by Crippen LogP contribution is -2.14. The number of anilines is 2. The number of amides is 2. The molecular formula is C24H20ClN3O4S2. The monoisotopic (exact) mass is 513 g/mol. The van der Waals surface area contributed by atoms with Gasteiger partial charge in [0, 0.05) is 22.3 Å². The number of halogens is 1. The second-order valence-corrected chi connectivity index (χ2v) is 9.72. The fourth-order valence-corrected chi connectivity index (χ4v) is 5.11. The van der Waals surface area contributed by atoms with Gasteiger partial charge in [-0.25, -0.2) is 4.98 Å². The number of thiazole rings is 1. The van der Waals surface area contributed by atoms with Crippen LogP contribution in [0.3, 0.4) is 0 Å². The molecule has 7 nitrogen and oxygen atoms in total. The molecule has 10 heteroatoms. The highest BCUT2D eigenvalue weighted by Gasteiger charge is 2.13. The Morgan fingerprint density at radius 3 is 2.53 bits per heavy atom. The Labute approximate surface area is 209 Å². The zero-order valence-electron chi connectivity index (χ0n) is 18.3. The Morgan fingerprint density at radius 2 is 1.79 bits per heavy atom. The molecule has 0 fully saturated rings. The van der Waals surface area contributed by atoms with E-state index in [0.29, 0.717) is 33.5 Å². The van der Waals surface area contributed by atoms with Crippen molar-refractivity contribution in [2.45, 2.75) is 4.34 Å². The number of hydrogen-bond acceptors (Lipinski definition) is 7. The van der Waals surface area contributed by atoms with Crippen molar-refractivity contribution in [1.29, 1.82) is 0 Å². The van der Waals surface area contributed by atoms with Crippen molar-refractivity contribution in [3.63, 3.8) is 0 Å². The van der Waals surface area contributed by atoms with E-state index in [1.165, 1.54) is 23.1 Å². The molecule has 2 amide bonds. The SMILES string of the molecule is COc1ccc(OC)c(NC(=O)CSc2nc3ccc(NC(=O)c4ccc(Cl)cc4)cc3s2)c1. The first kappa shape index (κ1) is 23.9. The molecule has 1 aromatic heterocycles.